The fourth-order valence-electron chi connectivity index (χ4n) is 4.85. The molecule has 1 N–H and O–H groups in total. The Bertz CT molecular complexity index is 814. The molecule has 0 aliphatic heterocycles. The van der Waals surface area contributed by atoms with Crippen LogP contribution in [-0.4, -0.2) is 16.6 Å². The van der Waals surface area contributed by atoms with Crippen molar-refractivity contribution in [2.75, 3.05) is 5.32 Å². The van der Waals surface area contributed by atoms with Crippen LogP contribution in [0, 0.1) is 40.2 Å². The highest BCUT2D eigenvalue weighted by Crippen LogP contribution is 2.70. The van der Waals surface area contributed by atoms with E-state index in [1.807, 2.05) is 26.8 Å². The van der Waals surface area contributed by atoms with Gasteiger partial charge in [-0.15, -0.1) is 0 Å². The van der Waals surface area contributed by atoms with Gasteiger partial charge in [0.15, 0.2) is 0 Å². The van der Waals surface area contributed by atoms with Crippen molar-refractivity contribution in [2.45, 2.75) is 53.9 Å². The summed E-state index contributed by atoms with van der Waals surface area (Å²) in [4.78, 5) is 36.7. The summed E-state index contributed by atoms with van der Waals surface area (Å²) in [5.41, 5.74) is -0.231. The Hall–Kier alpha value is -2.24. The van der Waals surface area contributed by atoms with Crippen molar-refractivity contribution in [3.05, 3.63) is 33.4 Å². The van der Waals surface area contributed by atoms with E-state index < -0.39 is 21.2 Å². The van der Waals surface area contributed by atoms with Crippen LogP contribution in [0.25, 0.3) is 0 Å². The first-order valence-electron chi connectivity index (χ1n) is 8.57. The van der Waals surface area contributed by atoms with Gasteiger partial charge in [0, 0.05) is 17.9 Å². The molecular formula is C19H24N2O4. The minimum Gasteiger partial charge on any atom is -0.320 e. The Kier molecular flexibility index (Phi) is 3.61. The zero-order valence-electron chi connectivity index (χ0n) is 15.4. The molecule has 3 rings (SSSR count). The number of fused-ring (bicyclic) bond motifs is 2. The van der Waals surface area contributed by atoms with Gasteiger partial charge < -0.3 is 5.32 Å². The molecule has 25 heavy (non-hydrogen) atoms. The number of carbonyl (C=O) groups excluding carboxylic acids is 2. The Morgan fingerprint density at radius 2 is 1.84 bits per heavy atom. The van der Waals surface area contributed by atoms with Crippen LogP contribution in [0.1, 0.15) is 51.2 Å². The predicted octanol–water partition coefficient (Wildman–Crippen LogP) is 3.94. The summed E-state index contributed by atoms with van der Waals surface area (Å²) in [6.45, 7) is 9.42. The van der Waals surface area contributed by atoms with Crippen molar-refractivity contribution in [1.82, 2.24) is 0 Å². The Morgan fingerprint density at radius 1 is 1.20 bits per heavy atom. The van der Waals surface area contributed by atoms with E-state index >= 15 is 0 Å². The van der Waals surface area contributed by atoms with E-state index in [9.17, 15) is 19.7 Å². The molecule has 2 atom stereocenters. The summed E-state index contributed by atoms with van der Waals surface area (Å²) in [7, 11) is 0. The van der Waals surface area contributed by atoms with Gasteiger partial charge in [0.05, 0.1) is 10.3 Å². The van der Waals surface area contributed by atoms with Crippen molar-refractivity contribution in [2.24, 2.45) is 16.2 Å². The predicted molar refractivity (Wildman–Crippen MR) is 94.4 cm³/mol. The molecule has 0 unspecified atom stereocenters. The summed E-state index contributed by atoms with van der Waals surface area (Å²) in [6.07, 6.45) is 1.52. The number of anilines is 1. The van der Waals surface area contributed by atoms with Crippen molar-refractivity contribution in [3.63, 3.8) is 0 Å². The number of nitro groups is 1. The van der Waals surface area contributed by atoms with Gasteiger partial charge >= 0.3 is 0 Å². The molecule has 2 bridgehead atoms. The lowest BCUT2D eigenvalue weighted by atomic mass is 9.64. The van der Waals surface area contributed by atoms with Gasteiger partial charge in [0.2, 0.25) is 5.91 Å². The lowest BCUT2D eigenvalue weighted by molar-refractivity contribution is -0.384. The van der Waals surface area contributed by atoms with Gasteiger partial charge in [0.25, 0.3) is 5.69 Å². The maximum absolute atomic E-state index is 13.2. The first-order valence-corrected chi connectivity index (χ1v) is 8.57. The van der Waals surface area contributed by atoms with Crippen molar-refractivity contribution in [3.8, 4) is 0 Å². The van der Waals surface area contributed by atoms with Crippen molar-refractivity contribution in [1.29, 1.82) is 0 Å². The van der Waals surface area contributed by atoms with Gasteiger partial charge in [-0.2, -0.15) is 0 Å². The second-order valence-electron chi connectivity index (χ2n) is 8.33. The van der Waals surface area contributed by atoms with E-state index in [-0.39, 0.29) is 29.5 Å². The number of benzene rings is 1. The van der Waals surface area contributed by atoms with E-state index in [1.165, 1.54) is 6.07 Å². The van der Waals surface area contributed by atoms with E-state index in [2.05, 4.69) is 5.32 Å². The number of amides is 1. The van der Waals surface area contributed by atoms with Gasteiger partial charge in [-0.1, -0.05) is 26.8 Å². The van der Waals surface area contributed by atoms with Crippen LogP contribution >= 0.6 is 0 Å². The molecule has 6 nitrogen and oxygen atoms in total. The van der Waals surface area contributed by atoms with Gasteiger partial charge in [0.1, 0.15) is 11.5 Å². The number of rotatable bonds is 3. The number of hydrogen-bond donors (Lipinski definition) is 1. The average molecular weight is 344 g/mol. The molecule has 2 fully saturated rings. The van der Waals surface area contributed by atoms with Crippen molar-refractivity contribution < 1.29 is 14.5 Å². The lowest BCUT2D eigenvalue weighted by Crippen LogP contribution is -2.43. The topological polar surface area (TPSA) is 89.3 Å². The summed E-state index contributed by atoms with van der Waals surface area (Å²) in [6, 6.07) is 3.27. The standard InChI is InChI=1S/C19H24N2O4/c1-11-8-12(2)15(13(9-11)21(24)25)20-16(23)19-7-6-18(5,14(22)10-19)17(19,3)4/h8-9H,6-7,10H2,1-5H3,(H,20,23)/t18-,19-/m0/s1. The van der Waals surface area contributed by atoms with Crippen LogP contribution in [-0.2, 0) is 9.59 Å². The largest absolute Gasteiger partial charge is 0.320 e. The van der Waals surface area contributed by atoms with E-state index in [4.69, 9.17) is 0 Å². The molecule has 0 heterocycles. The molecule has 1 aromatic rings. The molecule has 0 aromatic heterocycles. The zero-order valence-corrected chi connectivity index (χ0v) is 15.4. The third kappa shape index (κ3) is 2.09. The number of aryl methyl sites for hydroxylation is 2. The lowest BCUT2D eigenvalue weighted by Gasteiger charge is -2.38. The molecule has 1 aromatic carbocycles. The smallest absolute Gasteiger partial charge is 0.293 e. The Morgan fingerprint density at radius 3 is 2.32 bits per heavy atom. The monoisotopic (exact) mass is 344 g/mol. The molecule has 6 heteroatoms. The summed E-state index contributed by atoms with van der Waals surface area (Å²) < 4.78 is 0. The molecule has 2 aliphatic rings. The fraction of sp³-hybridized carbons (Fsp3) is 0.579. The quantitative estimate of drug-likeness (QED) is 0.664. The number of Topliss-reactive ketones (excluding diaryl/α,β-unsaturated/α-hetero) is 1. The number of carbonyl (C=O) groups is 2. The van der Waals surface area contributed by atoms with Crippen LogP contribution in [0.4, 0.5) is 11.4 Å². The minimum absolute atomic E-state index is 0.106. The molecule has 0 spiro atoms. The molecule has 0 radical (unpaired) electrons. The maximum atomic E-state index is 13.2. The van der Waals surface area contributed by atoms with Gasteiger partial charge in [-0.05, 0) is 43.2 Å². The number of hydrogen-bond acceptors (Lipinski definition) is 4. The second kappa shape index (κ2) is 5.13. The van der Waals surface area contributed by atoms with E-state index in [0.29, 0.717) is 18.4 Å². The van der Waals surface area contributed by atoms with Crippen LogP contribution in [0.2, 0.25) is 0 Å². The SMILES string of the molecule is Cc1cc(C)c(NC(=O)[C@]23CC[C@@](C)(C(=O)C2)C3(C)C)c([N+](=O)[O-])c1. The molecule has 1 amide bonds. The maximum Gasteiger partial charge on any atom is 0.293 e. The third-order valence-corrected chi connectivity index (χ3v) is 7.03. The van der Waals surface area contributed by atoms with E-state index in [1.54, 1.807) is 13.8 Å². The third-order valence-electron chi connectivity index (χ3n) is 7.03. The summed E-state index contributed by atoms with van der Waals surface area (Å²) in [5.74, 6) is -0.156. The van der Waals surface area contributed by atoms with Crippen molar-refractivity contribution >= 4 is 23.1 Å². The Balaban J connectivity index is 2.03. The highest BCUT2D eigenvalue weighted by molar-refractivity contribution is 6.05. The highest BCUT2D eigenvalue weighted by atomic mass is 16.6. The summed E-state index contributed by atoms with van der Waals surface area (Å²) >= 11 is 0. The van der Waals surface area contributed by atoms with Crippen LogP contribution in [0.5, 0.6) is 0 Å². The summed E-state index contributed by atoms with van der Waals surface area (Å²) in [5, 5.41) is 14.2. The fourth-order valence-corrected chi connectivity index (χ4v) is 4.85. The van der Waals surface area contributed by atoms with Gasteiger partial charge in [-0.3, -0.25) is 19.7 Å². The normalized spacial score (nSPS) is 29.7. The number of nitrogens with zero attached hydrogens (tertiary/aromatic N) is 1. The molecule has 134 valence electrons. The van der Waals surface area contributed by atoms with Crippen LogP contribution in [0.3, 0.4) is 0 Å². The first-order chi connectivity index (χ1) is 11.5. The number of nitrogens with one attached hydrogen (secondary N) is 1. The van der Waals surface area contributed by atoms with Crippen LogP contribution in [0.15, 0.2) is 12.1 Å². The zero-order chi connectivity index (χ0) is 18.8. The molecule has 2 saturated carbocycles. The number of ketones is 1. The average Bonchev–Trinajstić information content (AvgIpc) is 2.79. The number of nitro benzene ring substituents is 1. The second-order valence-corrected chi connectivity index (χ2v) is 8.33. The molecule has 2 aliphatic carbocycles. The molecule has 0 saturated heterocycles. The van der Waals surface area contributed by atoms with Gasteiger partial charge in [-0.25, -0.2) is 0 Å². The minimum atomic E-state index is -0.802. The first kappa shape index (κ1) is 17.6. The Labute approximate surface area is 147 Å². The molecular weight excluding hydrogens is 320 g/mol. The van der Waals surface area contributed by atoms with E-state index in [0.717, 1.165) is 5.56 Å². The highest BCUT2D eigenvalue weighted by Gasteiger charge is 2.72. The van der Waals surface area contributed by atoms with Crippen LogP contribution < -0.4 is 5.32 Å².